The molecule has 3 aromatic heterocycles. The number of nitrogens with one attached hydrogen (secondary N) is 1. The van der Waals surface area contributed by atoms with Crippen molar-refractivity contribution in [3.8, 4) is 0 Å². The number of carbonyl (C=O) groups excluding carboxylic acids is 1. The number of aryl methyl sites for hydroxylation is 1. The van der Waals surface area contributed by atoms with Gasteiger partial charge in [-0.3, -0.25) is 4.68 Å². The molecule has 0 spiro atoms. The van der Waals surface area contributed by atoms with E-state index in [9.17, 15) is 4.79 Å². The number of thiophene rings is 1. The van der Waals surface area contributed by atoms with Gasteiger partial charge in [0.1, 0.15) is 0 Å². The fraction of sp³-hybridized carbons (Fsp3) is 0.375. The number of fused-ring (bicyclic) bond motifs is 1. The van der Waals surface area contributed by atoms with E-state index in [1.807, 2.05) is 35.2 Å². The fourth-order valence-electron chi connectivity index (χ4n) is 2.85. The van der Waals surface area contributed by atoms with Crippen LogP contribution in [0.3, 0.4) is 0 Å². The first-order chi connectivity index (χ1) is 12.2. The topological polar surface area (TPSA) is 89.1 Å². The van der Waals surface area contributed by atoms with Crippen molar-refractivity contribution >= 4 is 17.4 Å². The number of hydrogen-bond donors (Lipinski definition) is 1. The van der Waals surface area contributed by atoms with E-state index in [2.05, 4.69) is 20.6 Å². The highest BCUT2D eigenvalue weighted by Gasteiger charge is 2.22. The van der Waals surface area contributed by atoms with E-state index in [1.165, 1.54) is 4.88 Å². The van der Waals surface area contributed by atoms with Gasteiger partial charge < -0.3 is 14.7 Å². The smallest absolute Gasteiger partial charge is 0.318 e. The molecule has 2 amide bonds. The third kappa shape index (κ3) is 3.55. The Kier molecular flexibility index (Phi) is 4.22. The van der Waals surface area contributed by atoms with Gasteiger partial charge in [0.2, 0.25) is 5.89 Å². The molecule has 0 saturated carbocycles. The minimum atomic E-state index is -0.130. The average Bonchev–Trinajstić information content (AvgIpc) is 3.32. The van der Waals surface area contributed by atoms with Crippen LogP contribution in [0.5, 0.6) is 0 Å². The van der Waals surface area contributed by atoms with Gasteiger partial charge in [0.15, 0.2) is 5.82 Å². The van der Waals surface area contributed by atoms with Crippen molar-refractivity contribution in [3.05, 3.63) is 51.6 Å². The van der Waals surface area contributed by atoms with Crippen molar-refractivity contribution in [2.24, 2.45) is 0 Å². The van der Waals surface area contributed by atoms with Crippen LogP contribution >= 0.6 is 11.3 Å². The van der Waals surface area contributed by atoms with Crippen LogP contribution in [0.15, 0.2) is 28.1 Å². The largest absolute Gasteiger partial charge is 0.339 e. The zero-order valence-corrected chi connectivity index (χ0v) is 14.6. The van der Waals surface area contributed by atoms with Crippen LogP contribution in [-0.2, 0) is 26.1 Å². The molecule has 0 atom stereocenters. The molecule has 3 aromatic rings. The monoisotopic (exact) mass is 358 g/mol. The summed E-state index contributed by atoms with van der Waals surface area (Å²) in [6.07, 6.45) is 0.619. The van der Waals surface area contributed by atoms with Crippen LogP contribution < -0.4 is 5.32 Å². The van der Waals surface area contributed by atoms with Crippen molar-refractivity contribution in [3.63, 3.8) is 0 Å². The maximum absolute atomic E-state index is 12.4. The van der Waals surface area contributed by atoms with E-state index in [0.717, 1.165) is 11.4 Å². The van der Waals surface area contributed by atoms with E-state index >= 15 is 0 Å². The van der Waals surface area contributed by atoms with Crippen molar-refractivity contribution < 1.29 is 9.32 Å². The van der Waals surface area contributed by atoms with Gasteiger partial charge in [-0.05, 0) is 24.4 Å². The average molecular weight is 358 g/mol. The number of nitrogens with zero attached hydrogens (tertiary/aromatic N) is 5. The SMILES string of the molecule is Cc1cc2n(n1)CCN(C(=O)NCc1noc(Cc3cccs3)n1)C2. The summed E-state index contributed by atoms with van der Waals surface area (Å²) in [4.78, 5) is 19.6. The summed E-state index contributed by atoms with van der Waals surface area (Å²) in [5.41, 5.74) is 2.03. The number of aromatic nitrogens is 4. The molecule has 0 saturated heterocycles. The molecule has 0 radical (unpaired) electrons. The zero-order chi connectivity index (χ0) is 17.2. The fourth-order valence-corrected chi connectivity index (χ4v) is 3.54. The molecule has 0 aromatic carbocycles. The molecule has 1 N–H and O–H groups in total. The van der Waals surface area contributed by atoms with E-state index < -0.39 is 0 Å². The van der Waals surface area contributed by atoms with E-state index in [-0.39, 0.29) is 12.6 Å². The Morgan fingerprint density at radius 2 is 2.36 bits per heavy atom. The molecular weight excluding hydrogens is 340 g/mol. The third-order valence-corrected chi connectivity index (χ3v) is 4.90. The highest BCUT2D eigenvalue weighted by molar-refractivity contribution is 7.09. The number of hydrogen-bond acceptors (Lipinski definition) is 6. The van der Waals surface area contributed by atoms with Gasteiger partial charge in [0.25, 0.3) is 0 Å². The van der Waals surface area contributed by atoms with Crippen LogP contribution in [-0.4, -0.2) is 37.4 Å². The van der Waals surface area contributed by atoms with Gasteiger partial charge in [-0.15, -0.1) is 11.3 Å². The normalized spacial score (nSPS) is 13.7. The number of rotatable bonds is 4. The minimum Gasteiger partial charge on any atom is -0.339 e. The summed E-state index contributed by atoms with van der Waals surface area (Å²) < 4.78 is 7.19. The van der Waals surface area contributed by atoms with Gasteiger partial charge in [0.05, 0.1) is 37.4 Å². The molecule has 130 valence electrons. The van der Waals surface area contributed by atoms with Crippen molar-refractivity contribution in [1.29, 1.82) is 0 Å². The lowest BCUT2D eigenvalue weighted by Gasteiger charge is -2.27. The Bertz CT molecular complexity index is 869. The lowest BCUT2D eigenvalue weighted by atomic mass is 10.3. The summed E-state index contributed by atoms with van der Waals surface area (Å²) in [6.45, 7) is 4.11. The molecule has 0 fully saturated rings. The van der Waals surface area contributed by atoms with Gasteiger partial charge >= 0.3 is 6.03 Å². The first-order valence-corrected chi connectivity index (χ1v) is 8.95. The summed E-state index contributed by atoms with van der Waals surface area (Å²) in [7, 11) is 0. The molecule has 9 heteroatoms. The maximum Gasteiger partial charge on any atom is 0.318 e. The van der Waals surface area contributed by atoms with Gasteiger partial charge in [-0.25, -0.2) is 4.79 Å². The Balaban J connectivity index is 1.31. The van der Waals surface area contributed by atoms with Crippen LogP contribution in [0.2, 0.25) is 0 Å². The highest BCUT2D eigenvalue weighted by atomic mass is 32.1. The standard InChI is InChI=1S/C16H18N6O2S/c1-11-7-12-10-21(4-5-22(12)19-11)16(23)17-9-14-18-15(24-20-14)8-13-3-2-6-25-13/h2-3,6-7H,4-5,8-10H2,1H3,(H,17,23). The lowest BCUT2D eigenvalue weighted by Crippen LogP contribution is -2.44. The second-order valence-corrected chi connectivity index (χ2v) is 6.97. The van der Waals surface area contributed by atoms with Gasteiger partial charge in [0, 0.05) is 11.4 Å². The van der Waals surface area contributed by atoms with Crippen LogP contribution in [0.1, 0.15) is 28.0 Å². The molecule has 1 aliphatic heterocycles. The second-order valence-electron chi connectivity index (χ2n) is 5.94. The number of carbonyl (C=O) groups is 1. The molecule has 25 heavy (non-hydrogen) atoms. The summed E-state index contributed by atoms with van der Waals surface area (Å²) >= 11 is 1.65. The minimum absolute atomic E-state index is 0.130. The molecule has 0 bridgehead atoms. The van der Waals surface area contributed by atoms with E-state index in [1.54, 1.807) is 16.2 Å². The van der Waals surface area contributed by atoms with Crippen LogP contribution in [0.4, 0.5) is 4.79 Å². The molecule has 8 nitrogen and oxygen atoms in total. The first kappa shape index (κ1) is 15.8. The first-order valence-electron chi connectivity index (χ1n) is 8.07. The zero-order valence-electron chi connectivity index (χ0n) is 13.8. The molecular formula is C16H18N6O2S. The Hall–Kier alpha value is -2.68. The molecule has 0 aliphatic carbocycles. The quantitative estimate of drug-likeness (QED) is 0.770. The number of amides is 2. The number of urea groups is 1. The Morgan fingerprint density at radius 1 is 1.44 bits per heavy atom. The summed E-state index contributed by atoms with van der Waals surface area (Å²) in [5.74, 6) is 1.04. The van der Waals surface area contributed by atoms with Crippen molar-refractivity contribution in [1.82, 2.24) is 30.1 Å². The Morgan fingerprint density at radius 3 is 3.20 bits per heavy atom. The van der Waals surface area contributed by atoms with E-state index in [4.69, 9.17) is 4.52 Å². The summed E-state index contributed by atoms with van der Waals surface area (Å²) in [5, 5.41) is 13.2. The second kappa shape index (κ2) is 6.67. The maximum atomic E-state index is 12.4. The molecule has 4 rings (SSSR count). The molecule has 4 heterocycles. The third-order valence-electron chi connectivity index (χ3n) is 4.02. The van der Waals surface area contributed by atoms with Gasteiger partial charge in [-0.1, -0.05) is 11.2 Å². The van der Waals surface area contributed by atoms with E-state index in [0.29, 0.717) is 37.8 Å². The van der Waals surface area contributed by atoms with Crippen LogP contribution in [0, 0.1) is 6.92 Å². The summed E-state index contributed by atoms with van der Waals surface area (Å²) in [6, 6.07) is 5.90. The van der Waals surface area contributed by atoms with Crippen molar-refractivity contribution in [2.75, 3.05) is 6.54 Å². The van der Waals surface area contributed by atoms with Gasteiger partial charge in [-0.2, -0.15) is 10.1 Å². The van der Waals surface area contributed by atoms with Crippen molar-refractivity contribution in [2.45, 2.75) is 33.0 Å². The predicted octanol–water partition coefficient (Wildman–Crippen LogP) is 1.95. The highest BCUT2D eigenvalue weighted by Crippen LogP contribution is 2.14. The Labute approximate surface area is 148 Å². The predicted molar refractivity (Wildman–Crippen MR) is 91.0 cm³/mol. The molecule has 1 aliphatic rings. The molecule has 0 unspecified atom stereocenters. The lowest BCUT2D eigenvalue weighted by molar-refractivity contribution is 0.180. The van der Waals surface area contributed by atoms with Crippen LogP contribution in [0.25, 0.3) is 0 Å².